The molecule has 0 bridgehead atoms. The second kappa shape index (κ2) is 9.93. The maximum Gasteiger partial charge on any atom is 0.0715 e. The van der Waals surface area contributed by atoms with Gasteiger partial charge < -0.3 is 0 Å². The Labute approximate surface area is 253 Å². The van der Waals surface area contributed by atoms with Gasteiger partial charge in [0.1, 0.15) is 0 Å². The van der Waals surface area contributed by atoms with Crippen LogP contribution in [0.5, 0.6) is 0 Å². The van der Waals surface area contributed by atoms with E-state index in [0.29, 0.717) is 0 Å². The van der Waals surface area contributed by atoms with E-state index in [2.05, 4.69) is 166 Å². The summed E-state index contributed by atoms with van der Waals surface area (Å²) < 4.78 is 0. The lowest BCUT2D eigenvalue weighted by atomic mass is 9.79. The number of benzene rings is 6. The van der Waals surface area contributed by atoms with E-state index in [1.165, 1.54) is 49.7 Å². The minimum absolute atomic E-state index is 0.0839. The van der Waals surface area contributed by atoms with Gasteiger partial charge in [0.05, 0.1) is 11.4 Å². The van der Waals surface area contributed by atoms with Gasteiger partial charge in [-0.1, -0.05) is 141 Å². The van der Waals surface area contributed by atoms with E-state index in [9.17, 15) is 0 Å². The van der Waals surface area contributed by atoms with Crippen molar-refractivity contribution in [3.8, 4) is 55.9 Å². The van der Waals surface area contributed by atoms with Crippen molar-refractivity contribution in [1.82, 2.24) is 4.98 Å². The molecule has 1 nitrogen and oxygen atoms in total. The number of fused-ring (bicyclic) bond motifs is 5. The maximum atomic E-state index is 5.10. The average Bonchev–Trinajstić information content (AvgIpc) is 3.32. The SMILES string of the molecule is CC1(C)c2ccccc2-c2c(-c3cccc(-c4cc(-c5ccccc5)nc(-c5ccccc5)c4)c3)cc3ccccc3c21. The Balaban J connectivity index is 1.35. The Morgan fingerprint density at radius 2 is 1.02 bits per heavy atom. The summed E-state index contributed by atoms with van der Waals surface area (Å²) in [6.07, 6.45) is 0. The number of pyridine rings is 1. The van der Waals surface area contributed by atoms with Crippen molar-refractivity contribution in [2.75, 3.05) is 0 Å². The van der Waals surface area contributed by atoms with E-state index in [0.717, 1.165) is 28.1 Å². The van der Waals surface area contributed by atoms with Crippen LogP contribution in [0.2, 0.25) is 0 Å². The molecule has 1 aromatic heterocycles. The quantitative estimate of drug-likeness (QED) is 0.213. The lowest BCUT2D eigenvalue weighted by molar-refractivity contribution is 0.666. The number of hydrogen-bond acceptors (Lipinski definition) is 1. The third kappa shape index (κ3) is 4.20. The fourth-order valence-electron chi connectivity index (χ4n) is 6.96. The fourth-order valence-corrected chi connectivity index (χ4v) is 6.96. The van der Waals surface area contributed by atoms with Crippen LogP contribution in [-0.2, 0) is 5.41 Å². The van der Waals surface area contributed by atoms with E-state index in [1.54, 1.807) is 0 Å². The van der Waals surface area contributed by atoms with Crippen LogP contribution >= 0.6 is 0 Å². The van der Waals surface area contributed by atoms with Gasteiger partial charge in [-0.05, 0) is 79.5 Å². The molecule has 0 aliphatic heterocycles. The van der Waals surface area contributed by atoms with Crippen molar-refractivity contribution in [3.63, 3.8) is 0 Å². The highest BCUT2D eigenvalue weighted by molar-refractivity contribution is 6.05. The topological polar surface area (TPSA) is 12.9 Å². The lowest BCUT2D eigenvalue weighted by Crippen LogP contribution is -2.15. The van der Waals surface area contributed by atoms with Crippen LogP contribution < -0.4 is 0 Å². The zero-order valence-electron chi connectivity index (χ0n) is 24.4. The molecular formula is C42H31N. The van der Waals surface area contributed by atoms with Crippen LogP contribution in [0.1, 0.15) is 25.0 Å². The highest BCUT2D eigenvalue weighted by atomic mass is 14.7. The van der Waals surface area contributed by atoms with Crippen LogP contribution in [-0.4, -0.2) is 4.98 Å². The zero-order valence-corrected chi connectivity index (χ0v) is 24.4. The molecule has 43 heavy (non-hydrogen) atoms. The largest absolute Gasteiger partial charge is 0.248 e. The van der Waals surface area contributed by atoms with Crippen molar-refractivity contribution < 1.29 is 0 Å². The lowest BCUT2D eigenvalue weighted by Gasteiger charge is -2.24. The predicted octanol–water partition coefficient (Wildman–Crippen LogP) is 11.2. The highest BCUT2D eigenvalue weighted by Gasteiger charge is 2.38. The monoisotopic (exact) mass is 549 g/mol. The Morgan fingerprint density at radius 1 is 0.442 bits per heavy atom. The van der Waals surface area contributed by atoms with Gasteiger partial charge in [0.25, 0.3) is 0 Å². The Hall–Kier alpha value is -5.27. The van der Waals surface area contributed by atoms with Gasteiger partial charge in [-0.25, -0.2) is 4.98 Å². The minimum atomic E-state index is -0.0839. The van der Waals surface area contributed by atoms with E-state index in [1.807, 2.05) is 0 Å². The molecule has 8 rings (SSSR count). The van der Waals surface area contributed by atoms with Gasteiger partial charge in [-0.2, -0.15) is 0 Å². The molecule has 1 aliphatic carbocycles. The molecule has 0 saturated heterocycles. The van der Waals surface area contributed by atoms with E-state index in [-0.39, 0.29) is 5.41 Å². The summed E-state index contributed by atoms with van der Waals surface area (Å²) in [7, 11) is 0. The van der Waals surface area contributed by atoms with Crippen LogP contribution in [0.4, 0.5) is 0 Å². The van der Waals surface area contributed by atoms with Gasteiger partial charge in [0.15, 0.2) is 0 Å². The van der Waals surface area contributed by atoms with E-state index < -0.39 is 0 Å². The second-order valence-corrected chi connectivity index (χ2v) is 12.0. The normalized spacial score (nSPS) is 13.1. The van der Waals surface area contributed by atoms with Crippen LogP contribution in [0.3, 0.4) is 0 Å². The molecule has 7 aromatic rings. The molecule has 0 radical (unpaired) electrons. The van der Waals surface area contributed by atoms with Crippen molar-refractivity contribution >= 4 is 10.8 Å². The first kappa shape index (κ1) is 25.4. The number of rotatable bonds is 4. The Morgan fingerprint density at radius 3 is 1.74 bits per heavy atom. The molecule has 6 aromatic carbocycles. The summed E-state index contributed by atoms with van der Waals surface area (Å²) in [6, 6.07) is 54.6. The second-order valence-electron chi connectivity index (χ2n) is 12.0. The molecule has 0 amide bonds. The molecule has 0 N–H and O–H groups in total. The molecule has 1 heterocycles. The van der Waals surface area contributed by atoms with Gasteiger partial charge in [-0.15, -0.1) is 0 Å². The smallest absolute Gasteiger partial charge is 0.0715 e. The molecule has 0 fully saturated rings. The molecule has 1 heteroatoms. The molecule has 0 spiro atoms. The van der Waals surface area contributed by atoms with Crippen molar-refractivity contribution in [3.05, 3.63) is 163 Å². The molecule has 0 saturated carbocycles. The first-order chi connectivity index (χ1) is 21.1. The summed E-state index contributed by atoms with van der Waals surface area (Å²) in [4.78, 5) is 5.10. The average molecular weight is 550 g/mol. The first-order valence-corrected chi connectivity index (χ1v) is 15.0. The Kier molecular flexibility index (Phi) is 5.87. The molecule has 0 atom stereocenters. The summed E-state index contributed by atoms with van der Waals surface area (Å²) >= 11 is 0. The van der Waals surface area contributed by atoms with E-state index >= 15 is 0 Å². The predicted molar refractivity (Wildman–Crippen MR) is 181 cm³/mol. The number of aromatic nitrogens is 1. The van der Waals surface area contributed by atoms with Crippen LogP contribution in [0, 0.1) is 0 Å². The summed E-state index contributed by atoms with van der Waals surface area (Å²) in [6.45, 7) is 4.75. The maximum absolute atomic E-state index is 5.10. The summed E-state index contributed by atoms with van der Waals surface area (Å²) in [5.41, 5.74) is 14.5. The molecular weight excluding hydrogens is 518 g/mol. The number of hydrogen-bond donors (Lipinski definition) is 0. The van der Waals surface area contributed by atoms with Crippen molar-refractivity contribution in [2.45, 2.75) is 19.3 Å². The van der Waals surface area contributed by atoms with Gasteiger partial charge in [0, 0.05) is 16.5 Å². The summed E-state index contributed by atoms with van der Waals surface area (Å²) in [5, 5.41) is 2.62. The molecule has 204 valence electrons. The van der Waals surface area contributed by atoms with Crippen molar-refractivity contribution in [1.29, 1.82) is 0 Å². The van der Waals surface area contributed by atoms with Crippen LogP contribution in [0.25, 0.3) is 66.7 Å². The Bertz CT molecular complexity index is 2080. The first-order valence-electron chi connectivity index (χ1n) is 15.0. The van der Waals surface area contributed by atoms with Gasteiger partial charge in [0.2, 0.25) is 0 Å². The third-order valence-corrected chi connectivity index (χ3v) is 9.02. The van der Waals surface area contributed by atoms with Crippen molar-refractivity contribution in [2.24, 2.45) is 0 Å². The van der Waals surface area contributed by atoms with Gasteiger partial charge in [-0.3, -0.25) is 0 Å². The zero-order chi connectivity index (χ0) is 29.0. The highest BCUT2D eigenvalue weighted by Crippen LogP contribution is 2.54. The molecule has 0 unspecified atom stereocenters. The standard InChI is InChI=1S/C42H31N/c1-42(2)37-23-12-11-22-35(37)40-36(25-32-18-9-10-21-34(32)41(40)42)31-20-13-19-30(24-31)33-26-38(28-14-5-3-6-15-28)43-39(27-33)29-16-7-4-8-17-29/h3-27H,1-2H3. The minimum Gasteiger partial charge on any atom is -0.248 e. The van der Waals surface area contributed by atoms with Gasteiger partial charge >= 0.3 is 0 Å². The third-order valence-electron chi connectivity index (χ3n) is 9.02. The summed E-state index contributed by atoms with van der Waals surface area (Å²) in [5.74, 6) is 0. The molecule has 1 aliphatic rings. The fraction of sp³-hybridized carbons (Fsp3) is 0.0714. The van der Waals surface area contributed by atoms with Crippen LogP contribution in [0.15, 0.2) is 152 Å². The van der Waals surface area contributed by atoms with E-state index in [4.69, 9.17) is 4.98 Å². The number of nitrogens with zero attached hydrogens (tertiary/aromatic N) is 1.